The van der Waals surface area contributed by atoms with Gasteiger partial charge in [0.05, 0.1) is 12.5 Å². The van der Waals surface area contributed by atoms with Crippen molar-refractivity contribution >= 4 is 11.8 Å². The quantitative estimate of drug-likeness (QED) is 0.767. The summed E-state index contributed by atoms with van der Waals surface area (Å²) in [7, 11) is 0. The van der Waals surface area contributed by atoms with Crippen LogP contribution in [0.2, 0.25) is 0 Å². The van der Waals surface area contributed by atoms with Gasteiger partial charge in [-0.1, -0.05) is 20.8 Å². The van der Waals surface area contributed by atoms with E-state index in [2.05, 4.69) is 5.32 Å². The molecule has 1 fully saturated rings. The maximum atomic E-state index is 12.2. The molecule has 1 rings (SSSR count). The lowest BCUT2D eigenvalue weighted by Crippen LogP contribution is -2.49. The third-order valence-electron chi connectivity index (χ3n) is 3.13. The van der Waals surface area contributed by atoms with Crippen molar-refractivity contribution in [3.05, 3.63) is 0 Å². The number of hydrogen-bond acceptors (Lipinski definition) is 3. The molecule has 5 nitrogen and oxygen atoms in total. The number of nitrogens with zero attached hydrogens (tertiary/aromatic N) is 1. The average molecular weight is 256 g/mol. The molecule has 5 heteroatoms. The largest absolute Gasteiger partial charge is 0.395 e. The molecule has 0 aromatic heterocycles. The van der Waals surface area contributed by atoms with Crippen molar-refractivity contribution < 1.29 is 14.7 Å². The summed E-state index contributed by atoms with van der Waals surface area (Å²) in [6, 6.07) is 0. The molecule has 0 bridgehead atoms. The van der Waals surface area contributed by atoms with E-state index in [1.54, 1.807) is 4.90 Å². The first-order chi connectivity index (χ1) is 8.36. The first-order valence-corrected chi connectivity index (χ1v) is 6.54. The Kier molecular flexibility index (Phi) is 5.14. The Labute approximate surface area is 109 Å². The van der Waals surface area contributed by atoms with Gasteiger partial charge in [-0.15, -0.1) is 0 Å². The first kappa shape index (κ1) is 15.0. The minimum Gasteiger partial charge on any atom is -0.395 e. The second-order valence-corrected chi connectivity index (χ2v) is 5.85. The van der Waals surface area contributed by atoms with Gasteiger partial charge in [0, 0.05) is 25.0 Å². The van der Waals surface area contributed by atoms with Crippen molar-refractivity contribution in [1.82, 2.24) is 10.2 Å². The lowest BCUT2D eigenvalue weighted by atomic mass is 9.91. The molecule has 0 radical (unpaired) electrons. The van der Waals surface area contributed by atoms with E-state index in [9.17, 15) is 9.59 Å². The van der Waals surface area contributed by atoms with Crippen molar-refractivity contribution in [2.75, 3.05) is 26.2 Å². The fraction of sp³-hybridized carbons (Fsp3) is 0.846. The molecule has 1 unspecified atom stereocenters. The topological polar surface area (TPSA) is 69.6 Å². The van der Waals surface area contributed by atoms with Crippen LogP contribution in [0.1, 0.15) is 33.6 Å². The number of aliphatic hydroxyl groups excluding tert-OH is 1. The molecule has 1 aliphatic heterocycles. The van der Waals surface area contributed by atoms with Gasteiger partial charge >= 0.3 is 0 Å². The Morgan fingerprint density at radius 2 is 2.06 bits per heavy atom. The van der Waals surface area contributed by atoms with Crippen LogP contribution >= 0.6 is 0 Å². The second kappa shape index (κ2) is 6.18. The van der Waals surface area contributed by atoms with Gasteiger partial charge in [-0.05, 0) is 12.8 Å². The van der Waals surface area contributed by atoms with Crippen LogP contribution in [0.3, 0.4) is 0 Å². The summed E-state index contributed by atoms with van der Waals surface area (Å²) in [6.07, 6.45) is 1.67. The first-order valence-electron chi connectivity index (χ1n) is 6.54. The summed E-state index contributed by atoms with van der Waals surface area (Å²) < 4.78 is 0. The summed E-state index contributed by atoms with van der Waals surface area (Å²) in [5.41, 5.74) is -0.399. The second-order valence-electron chi connectivity index (χ2n) is 5.85. The number of likely N-dealkylation sites (tertiary alicyclic amines) is 1. The summed E-state index contributed by atoms with van der Waals surface area (Å²) in [6.45, 7) is 7.14. The highest BCUT2D eigenvalue weighted by Crippen LogP contribution is 2.23. The van der Waals surface area contributed by atoms with Gasteiger partial charge < -0.3 is 15.3 Å². The number of hydrogen-bond donors (Lipinski definition) is 2. The summed E-state index contributed by atoms with van der Waals surface area (Å²) in [4.78, 5) is 25.8. The van der Waals surface area contributed by atoms with Gasteiger partial charge in [-0.3, -0.25) is 9.59 Å². The summed E-state index contributed by atoms with van der Waals surface area (Å²) in [5.74, 6) is -0.103. The third kappa shape index (κ3) is 3.98. The zero-order valence-electron chi connectivity index (χ0n) is 11.5. The minimum atomic E-state index is -0.399. The Hall–Kier alpha value is -1.10. The van der Waals surface area contributed by atoms with Gasteiger partial charge in [0.2, 0.25) is 11.8 Å². The van der Waals surface area contributed by atoms with Crippen LogP contribution in [0.15, 0.2) is 0 Å². The van der Waals surface area contributed by atoms with E-state index in [0.29, 0.717) is 6.54 Å². The van der Waals surface area contributed by atoms with E-state index < -0.39 is 5.41 Å². The minimum absolute atomic E-state index is 0.0525. The fourth-order valence-electron chi connectivity index (χ4n) is 2.17. The van der Waals surface area contributed by atoms with E-state index >= 15 is 0 Å². The van der Waals surface area contributed by atoms with Gasteiger partial charge in [0.25, 0.3) is 0 Å². The molecular weight excluding hydrogens is 232 g/mol. The molecule has 1 saturated heterocycles. The van der Waals surface area contributed by atoms with Crippen LogP contribution in [0.25, 0.3) is 0 Å². The smallest absolute Gasteiger partial charge is 0.227 e. The number of carbonyl (C=O) groups excluding carboxylic acids is 2. The molecule has 2 N–H and O–H groups in total. The molecule has 104 valence electrons. The maximum absolute atomic E-state index is 12.2. The molecule has 0 spiro atoms. The highest BCUT2D eigenvalue weighted by Gasteiger charge is 2.33. The van der Waals surface area contributed by atoms with Crippen molar-refractivity contribution in [3.8, 4) is 0 Å². The van der Waals surface area contributed by atoms with E-state index in [1.807, 2.05) is 20.8 Å². The summed E-state index contributed by atoms with van der Waals surface area (Å²) >= 11 is 0. The van der Waals surface area contributed by atoms with Gasteiger partial charge in [0.1, 0.15) is 0 Å². The van der Waals surface area contributed by atoms with E-state index in [1.165, 1.54) is 0 Å². The monoisotopic (exact) mass is 256 g/mol. The van der Waals surface area contributed by atoms with Crippen LogP contribution in [0.5, 0.6) is 0 Å². The molecular formula is C13H24N2O3. The van der Waals surface area contributed by atoms with Crippen LogP contribution in [-0.2, 0) is 9.59 Å². The van der Waals surface area contributed by atoms with E-state index in [-0.39, 0.29) is 30.9 Å². The lowest BCUT2D eigenvalue weighted by Gasteiger charge is -2.35. The highest BCUT2D eigenvalue weighted by molar-refractivity contribution is 5.83. The zero-order valence-corrected chi connectivity index (χ0v) is 11.5. The molecule has 1 atom stereocenters. The van der Waals surface area contributed by atoms with Crippen LogP contribution in [-0.4, -0.2) is 48.1 Å². The van der Waals surface area contributed by atoms with Crippen LogP contribution < -0.4 is 5.32 Å². The van der Waals surface area contributed by atoms with Gasteiger partial charge in [0.15, 0.2) is 0 Å². The zero-order chi connectivity index (χ0) is 13.8. The molecule has 0 aromatic carbocycles. The van der Waals surface area contributed by atoms with Crippen molar-refractivity contribution in [3.63, 3.8) is 0 Å². The molecule has 2 amide bonds. The fourth-order valence-corrected chi connectivity index (χ4v) is 2.17. The molecule has 1 aliphatic rings. The Bertz CT molecular complexity index is 310. The third-order valence-corrected chi connectivity index (χ3v) is 3.13. The Balaban J connectivity index is 2.56. The average Bonchev–Trinajstić information content (AvgIpc) is 2.34. The standard InChI is InChI=1S/C13H24N2O3/c1-13(2,3)12(18)15-7-4-5-10(9-15)11(17)14-6-8-16/h10,16H,4-9H2,1-3H3,(H,14,17). The Morgan fingerprint density at radius 3 is 2.61 bits per heavy atom. The number of carbonyl (C=O) groups is 2. The number of piperidine rings is 1. The molecule has 0 aromatic rings. The molecule has 0 saturated carbocycles. The van der Waals surface area contributed by atoms with Crippen LogP contribution in [0.4, 0.5) is 0 Å². The maximum Gasteiger partial charge on any atom is 0.227 e. The van der Waals surface area contributed by atoms with Gasteiger partial charge in [-0.2, -0.15) is 0 Å². The number of nitrogens with one attached hydrogen (secondary N) is 1. The van der Waals surface area contributed by atoms with Gasteiger partial charge in [-0.25, -0.2) is 0 Å². The lowest BCUT2D eigenvalue weighted by molar-refractivity contribution is -0.142. The number of amides is 2. The van der Waals surface area contributed by atoms with E-state index in [4.69, 9.17) is 5.11 Å². The van der Waals surface area contributed by atoms with Crippen molar-refractivity contribution in [2.45, 2.75) is 33.6 Å². The van der Waals surface area contributed by atoms with Crippen molar-refractivity contribution in [2.24, 2.45) is 11.3 Å². The predicted octanol–water partition coefficient (Wildman–Crippen LogP) is 0.380. The van der Waals surface area contributed by atoms with Crippen LogP contribution in [0, 0.1) is 11.3 Å². The van der Waals surface area contributed by atoms with Crippen molar-refractivity contribution in [1.29, 1.82) is 0 Å². The Morgan fingerprint density at radius 1 is 1.39 bits per heavy atom. The molecule has 18 heavy (non-hydrogen) atoms. The highest BCUT2D eigenvalue weighted by atomic mass is 16.3. The number of aliphatic hydroxyl groups is 1. The summed E-state index contributed by atoms with van der Waals surface area (Å²) in [5, 5.41) is 11.4. The molecule has 1 heterocycles. The van der Waals surface area contributed by atoms with E-state index in [0.717, 1.165) is 19.4 Å². The SMILES string of the molecule is CC(C)(C)C(=O)N1CCCC(C(=O)NCCO)C1. The molecule has 0 aliphatic carbocycles. The normalized spacial score (nSPS) is 20.7. The predicted molar refractivity (Wildman–Crippen MR) is 68.9 cm³/mol. The number of rotatable bonds is 3.